The van der Waals surface area contributed by atoms with Gasteiger partial charge in [0.05, 0.1) is 5.56 Å². The zero-order chi connectivity index (χ0) is 9.10. The smallest absolute Gasteiger partial charge is 0.344 e. The molecule has 13 heavy (non-hydrogen) atoms. The zero-order valence-corrected chi connectivity index (χ0v) is 8.23. The fraction of sp³-hybridized carbons (Fsp3) is 0. The van der Waals surface area contributed by atoms with Gasteiger partial charge in [0.1, 0.15) is 5.75 Å². The Balaban J connectivity index is 2.08. The number of carbonyl (C=O) groups is 1. The van der Waals surface area contributed by atoms with E-state index in [1.165, 1.54) is 22.7 Å². The standard InChI is InChI=1S/C9H6O2S2/c10-9(7-1-3-12-5-7)11-8-2-4-13-6-8/h1-6H. The molecule has 0 spiro atoms. The third-order valence-corrected chi connectivity index (χ3v) is 2.81. The molecule has 4 heteroatoms. The number of ether oxygens (including phenoxy) is 1. The van der Waals surface area contributed by atoms with Crippen molar-refractivity contribution in [1.82, 2.24) is 0 Å². The van der Waals surface area contributed by atoms with Crippen LogP contribution >= 0.6 is 22.7 Å². The van der Waals surface area contributed by atoms with Crippen LogP contribution < -0.4 is 4.74 Å². The van der Waals surface area contributed by atoms with Crippen LogP contribution in [0.15, 0.2) is 33.7 Å². The van der Waals surface area contributed by atoms with Gasteiger partial charge in [0.25, 0.3) is 0 Å². The van der Waals surface area contributed by atoms with Gasteiger partial charge in [-0.1, -0.05) is 0 Å². The van der Waals surface area contributed by atoms with Crippen LogP contribution in [0.5, 0.6) is 5.75 Å². The largest absolute Gasteiger partial charge is 0.422 e. The molecule has 0 radical (unpaired) electrons. The van der Waals surface area contributed by atoms with Crippen molar-refractivity contribution in [1.29, 1.82) is 0 Å². The molecular weight excluding hydrogens is 204 g/mol. The summed E-state index contributed by atoms with van der Waals surface area (Å²) in [6.45, 7) is 0. The number of rotatable bonds is 2. The summed E-state index contributed by atoms with van der Waals surface area (Å²) >= 11 is 2.99. The second kappa shape index (κ2) is 3.72. The highest BCUT2D eigenvalue weighted by Gasteiger charge is 2.08. The minimum absolute atomic E-state index is 0.292. The van der Waals surface area contributed by atoms with Gasteiger partial charge in [0, 0.05) is 10.8 Å². The Labute approximate surface area is 83.4 Å². The molecule has 0 fully saturated rings. The summed E-state index contributed by atoms with van der Waals surface area (Å²) in [7, 11) is 0. The van der Waals surface area contributed by atoms with E-state index in [0.717, 1.165) is 0 Å². The molecule has 66 valence electrons. The molecule has 0 saturated carbocycles. The second-order valence-electron chi connectivity index (χ2n) is 2.36. The summed E-state index contributed by atoms with van der Waals surface area (Å²) in [6.07, 6.45) is 0. The first-order valence-electron chi connectivity index (χ1n) is 3.63. The van der Waals surface area contributed by atoms with Crippen molar-refractivity contribution in [3.05, 3.63) is 39.2 Å². The maximum Gasteiger partial charge on any atom is 0.344 e. The molecule has 2 aromatic rings. The molecule has 0 unspecified atom stereocenters. The molecule has 0 aliphatic carbocycles. The number of esters is 1. The Morgan fingerprint density at radius 1 is 1.15 bits per heavy atom. The molecule has 0 aliphatic heterocycles. The first kappa shape index (κ1) is 8.47. The summed E-state index contributed by atoms with van der Waals surface area (Å²) in [5.41, 5.74) is 0.608. The van der Waals surface area contributed by atoms with Crippen LogP contribution in [0, 0.1) is 0 Å². The molecule has 2 nitrogen and oxygen atoms in total. The predicted molar refractivity (Wildman–Crippen MR) is 53.6 cm³/mol. The summed E-state index contributed by atoms with van der Waals surface area (Å²) in [5, 5.41) is 7.29. The van der Waals surface area contributed by atoms with Crippen LogP contribution in [0.4, 0.5) is 0 Å². The maximum absolute atomic E-state index is 11.4. The third-order valence-electron chi connectivity index (χ3n) is 1.46. The average molecular weight is 210 g/mol. The van der Waals surface area contributed by atoms with Gasteiger partial charge in [-0.15, -0.1) is 11.3 Å². The van der Waals surface area contributed by atoms with Gasteiger partial charge < -0.3 is 4.74 Å². The Hall–Kier alpha value is -1.13. The molecule has 2 heterocycles. The number of thiophene rings is 2. The van der Waals surface area contributed by atoms with E-state index in [0.29, 0.717) is 11.3 Å². The van der Waals surface area contributed by atoms with E-state index in [-0.39, 0.29) is 5.97 Å². The Morgan fingerprint density at radius 2 is 1.92 bits per heavy atom. The predicted octanol–water partition coefficient (Wildman–Crippen LogP) is 3.03. The fourth-order valence-electron chi connectivity index (χ4n) is 0.857. The van der Waals surface area contributed by atoms with Gasteiger partial charge >= 0.3 is 5.97 Å². The van der Waals surface area contributed by atoms with E-state index in [4.69, 9.17) is 4.74 Å². The normalized spacial score (nSPS) is 9.85. The number of hydrogen-bond acceptors (Lipinski definition) is 4. The Morgan fingerprint density at radius 3 is 2.54 bits per heavy atom. The minimum atomic E-state index is -0.292. The topological polar surface area (TPSA) is 26.3 Å². The van der Waals surface area contributed by atoms with Crippen LogP contribution in [0.2, 0.25) is 0 Å². The summed E-state index contributed by atoms with van der Waals surface area (Å²) < 4.78 is 5.08. The van der Waals surface area contributed by atoms with E-state index < -0.39 is 0 Å². The lowest BCUT2D eigenvalue weighted by atomic mass is 10.3. The summed E-state index contributed by atoms with van der Waals surface area (Å²) in [4.78, 5) is 11.4. The lowest BCUT2D eigenvalue weighted by molar-refractivity contribution is 0.0736. The Kier molecular flexibility index (Phi) is 2.42. The monoisotopic (exact) mass is 210 g/mol. The third kappa shape index (κ3) is 1.96. The molecular formula is C9H6O2S2. The zero-order valence-electron chi connectivity index (χ0n) is 6.60. The molecule has 0 aromatic carbocycles. The molecule has 0 bridgehead atoms. The van der Waals surface area contributed by atoms with Gasteiger partial charge in [0.2, 0.25) is 0 Å². The maximum atomic E-state index is 11.4. The molecule has 2 rings (SSSR count). The minimum Gasteiger partial charge on any atom is -0.422 e. The molecule has 0 atom stereocenters. The summed E-state index contributed by atoms with van der Waals surface area (Å²) in [5.74, 6) is 0.320. The Bertz CT molecular complexity index is 376. The summed E-state index contributed by atoms with van der Waals surface area (Å²) in [6, 6.07) is 3.52. The quantitative estimate of drug-likeness (QED) is 0.712. The molecule has 0 amide bonds. The highest BCUT2D eigenvalue weighted by molar-refractivity contribution is 7.08. The fourth-order valence-corrected chi connectivity index (χ4v) is 2.03. The highest BCUT2D eigenvalue weighted by Crippen LogP contribution is 2.17. The first-order valence-corrected chi connectivity index (χ1v) is 5.51. The van der Waals surface area contributed by atoms with Crippen LogP contribution in [0.3, 0.4) is 0 Å². The molecule has 2 aromatic heterocycles. The molecule has 0 saturated heterocycles. The first-order chi connectivity index (χ1) is 6.36. The van der Waals surface area contributed by atoms with Crippen LogP contribution in [0.25, 0.3) is 0 Å². The van der Waals surface area contributed by atoms with E-state index in [9.17, 15) is 4.79 Å². The van der Waals surface area contributed by atoms with Gasteiger partial charge in [-0.3, -0.25) is 0 Å². The van der Waals surface area contributed by atoms with E-state index in [2.05, 4.69) is 0 Å². The van der Waals surface area contributed by atoms with Crippen molar-refractivity contribution in [2.45, 2.75) is 0 Å². The second-order valence-corrected chi connectivity index (χ2v) is 3.92. The van der Waals surface area contributed by atoms with Crippen molar-refractivity contribution in [3.63, 3.8) is 0 Å². The lowest BCUT2D eigenvalue weighted by Gasteiger charge is -1.97. The van der Waals surface area contributed by atoms with Crippen molar-refractivity contribution in [2.75, 3.05) is 0 Å². The van der Waals surface area contributed by atoms with Gasteiger partial charge in [-0.05, 0) is 22.9 Å². The van der Waals surface area contributed by atoms with Crippen LogP contribution in [-0.2, 0) is 0 Å². The van der Waals surface area contributed by atoms with Crippen molar-refractivity contribution < 1.29 is 9.53 Å². The van der Waals surface area contributed by atoms with Crippen molar-refractivity contribution in [2.24, 2.45) is 0 Å². The highest BCUT2D eigenvalue weighted by atomic mass is 32.1. The van der Waals surface area contributed by atoms with Gasteiger partial charge in [-0.25, -0.2) is 4.79 Å². The van der Waals surface area contributed by atoms with Gasteiger partial charge in [0.15, 0.2) is 0 Å². The van der Waals surface area contributed by atoms with Gasteiger partial charge in [-0.2, -0.15) is 11.3 Å². The molecule has 0 N–H and O–H groups in total. The van der Waals surface area contributed by atoms with Crippen molar-refractivity contribution in [3.8, 4) is 5.75 Å². The van der Waals surface area contributed by atoms with E-state index in [1.807, 2.05) is 10.8 Å². The van der Waals surface area contributed by atoms with Crippen LogP contribution in [0.1, 0.15) is 10.4 Å². The SMILES string of the molecule is O=C(Oc1ccsc1)c1ccsc1. The van der Waals surface area contributed by atoms with Crippen LogP contribution in [-0.4, -0.2) is 5.97 Å². The lowest BCUT2D eigenvalue weighted by Crippen LogP contribution is -2.06. The van der Waals surface area contributed by atoms with E-state index in [1.54, 1.807) is 22.9 Å². The van der Waals surface area contributed by atoms with Crippen molar-refractivity contribution >= 4 is 28.6 Å². The molecule has 0 aliphatic rings. The number of carbonyl (C=O) groups excluding carboxylic acids is 1. The van der Waals surface area contributed by atoms with E-state index >= 15 is 0 Å². The average Bonchev–Trinajstić information content (AvgIpc) is 2.74. The number of hydrogen-bond donors (Lipinski definition) is 0.